The maximum Gasteiger partial charge on any atom is 0.277 e. The number of benzene rings is 2. The van der Waals surface area contributed by atoms with Gasteiger partial charge in [0, 0.05) is 5.92 Å². The van der Waals surface area contributed by atoms with E-state index in [4.69, 9.17) is 9.47 Å². The fourth-order valence-corrected chi connectivity index (χ4v) is 3.35. The molecule has 1 aliphatic rings. The summed E-state index contributed by atoms with van der Waals surface area (Å²) in [6, 6.07) is 17.2. The highest BCUT2D eigenvalue weighted by molar-refractivity contribution is 6.02. The van der Waals surface area contributed by atoms with Gasteiger partial charge in [0.25, 0.3) is 5.91 Å². The van der Waals surface area contributed by atoms with Crippen LogP contribution in [-0.2, 0) is 4.79 Å². The van der Waals surface area contributed by atoms with E-state index >= 15 is 0 Å². The molecule has 0 heterocycles. The van der Waals surface area contributed by atoms with Crippen LogP contribution in [0, 0.1) is 5.92 Å². The van der Waals surface area contributed by atoms with Gasteiger partial charge in [0.2, 0.25) is 0 Å². The molecule has 0 radical (unpaired) electrons. The zero-order chi connectivity index (χ0) is 18.9. The smallest absolute Gasteiger partial charge is 0.277 e. The minimum atomic E-state index is -0.268. The Balaban J connectivity index is 1.61. The molecule has 3 rings (SSSR count). The van der Waals surface area contributed by atoms with E-state index in [1.54, 1.807) is 31.4 Å². The Morgan fingerprint density at radius 2 is 1.67 bits per heavy atom. The summed E-state index contributed by atoms with van der Waals surface area (Å²) in [5.41, 5.74) is 4.71. The molecule has 2 aromatic carbocycles. The molecular weight excluding hydrogens is 340 g/mol. The molecule has 0 spiro atoms. The maximum atomic E-state index is 12.2. The quantitative estimate of drug-likeness (QED) is 0.591. The van der Waals surface area contributed by atoms with E-state index in [1.165, 1.54) is 19.3 Å². The number of nitrogens with zero attached hydrogens (tertiary/aromatic N) is 1. The second kappa shape index (κ2) is 9.76. The molecule has 0 aliphatic heterocycles. The van der Waals surface area contributed by atoms with Crippen LogP contribution in [-0.4, -0.2) is 25.3 Å². The van der Waals surface area contributed by atoms with Crippen molar-refractivity contribution >= 4 is 11.6 Å². The van der Waals surface area contributed by atoms with Gasteiger partial charge in [-0.05, 0) is 42.7 Å². The van der Waals surface area contributed by atoms with Crippen molar-refractivity contribution in [3.63, 3.8) is 0 Å². The van der Waals surface area contributed by atoms with Crippen LogP contribution in [0.15, 0.2) is 59.7 Å². The number of ether oxygens (including phenoxy) is 2. The molecule has 1 saturated carbocycles. The SMILES string of the molecule is COc1ccc(OCC(=O)NN=C(c2ccccc2)C2CCCCC2)cc1. The predicted molar refractivity (Wildman–Crippen MR) is 106 cm³/mol. The van der Waals surface area contributed by atoms with Crippen LogP contribution in [0.1, 0.15) is 37.7 Å². The summed E-state index contributed by atoms with van der Waals surface area (Å²) in [6.07, 6.45) is 5.94. The molecule has 1 N–H and O–H groups in total. The number of rotatable bonds is 7. The van der Waals surface area contributed by atoms with Crippen molar-refractivity contribution in [1.29, 1.82) is 0 Å². The van der Waals surface area contributed by atoms with Crippen LogP contribution in [0.25, 0.3) is 0 Å². The number of hydrazone groups is 1. The van der Waals surface area contributed by atoms with Crippen molar-refractivity contribution in [2.24, 2.45) is 11.0 Å². The van der Waals surface area contributed by atoms with E-state index in [0.717, 1.165) is 29.9 Å². The predicted octanol–water partition coefficient (Wildman–Crippen LogP) is 4.17. The summed E-state index contributed by atoms with van der Waals surface area (Å²) < 4.78 is 10.6. The first-order valence-electron chi connectivity index (χ1n) is 9.45. The Kier molecular flexibility index (Phi) is 6.85. The molecule has 0 bridgehead atoms. The van der Waals surface area contributed by atoms with Crippen LogP contribution in [0.5, 0.6) is 11.5 Å². The molecule has 142 valence electrons. The molecule has 0 atom stereocenters. The number of hydrogen-bond donors (Lipinski definition) is 1. The first kappa shape index (κ1) is 19.0. The van der Waals surface area contributed by atoms with Gasteiger partial charge in [0.15, 0.2) is 6.61 Å². The van der Waals surface area contributed by atoms with Crippen molar-refractivity contribution in [1.82, 2.24) is 5.43 Å². The van der Waals surface area contributed by atoms with E-state index in [2.05, 4.69) is 10.5 Å². The second-order valence-electron chi connectivity index (χ2n) is 6.70. The van der Waals surface area contributed by atoms with Crippen LogP contribution >= 0.6 is 0 Å². The van der Waals surface area contributed by atoms with Gasteiger partial charge in [-0.25, -0.2) is 5.43 Å². The highest BCUT2D eigenvalue weighted by Crippen LogP contribution is 2.27. The minimum absolute atomic E-state index is 0.0808. The molecule has 27 heavy (non-hydrogen) atoms. The summed E-state index contributed by atoms with van der Waals surface area (Å²) in [6.45, 7) is -0.0808. The van der Waals surface area contributed by atoms with E-state index in [9.17, 15) is 4.79 Å². The Morgan fingerprint density at radius 3 is 2.33 bits per heavy atom. The molecule has 1 amide bonds. The third-order valence-corrected chi connectivity index (χ3v) is 4.79. The first-order valence-corrected chi connectivity index (χ1v) is 9.45. The standard InChI is InChI=1S/C22H26N2O3/c1-26-19-12-14-20(15-13-19)27-16-21(25)23-24-22(17-8-4-2-5-9-17)18-10-6-3-7-11-18/h2,4-5,8-9,12-15,18H,3,6-7,10-11,16H2,1H3,(H,23,25). The van der Waals surface area contributed by atoms with Crippen molar-refractivity contribution in [3.8, 4) is 11.5 Å². The zero-order valence-electron chi connectivity index (χ0n) is 15.7. The number of methoxy groups -OCH3 is 1. The van der Waals surface area contributed by atoms with Gasteiger partial charge in [-0.1, -0.05) is 49.6 Å². The lowest BCUT2D eigenvalue weighted by atomic mass is 9.83. The van der Waals surface area contributed by atoms with Crippen molar-refractivity contribution in [2.45, 2.75) is 32.1 Å². The fourth-order valence-electron chi connectivity index (χ4n) is 3.35. The van der Waals surface area contributed by atoms with Crippen LogP contribution in [0.2, 0.25) is 0 Å². The summed E-state index contributed by atoms with van der Waals surface area (Å²) in [4.78, 5) is 12.2. The summed E-state index contributed by atoms with van der Waals surface area (Å²) in [7, 11) is 1.61. The normalized spacial score (nSPS) is 15.2. The highest BCUT2D eigenvalue weighted by atomic mass is 16.5. The molecule has 1 aliphatic carbocycles. The van der Waals surface area contributed by atoms with Gasteiger partial charge in [-0.3, -0.25) is 4.79 Å². The van der Waals surface area contributed by atoms with E-state index in [-0.39, 0.29) is 12.5 Å². The molecule has 1 fully saturated rings. The molecule has 0 saturated heterocycles. The fraction of sp³-hybridized carbons (Fsp3) is 0.364. The largest absolute Gasteiger partial charge is 0.497 e. The lowest BCUT2D eigenvalue weighted by Gasteiger charge is -2.23. The number of carbonyl (C=O) groups excluding carboxylic acids is 1. The summed E-state index contributed by atoms with van der Waals surface area (Å²) in [5, 5.41) is 4.47. The summed E-state index contributed by atoms with van der Waals surface area (Å²) in [5.74, 6) is 1.49. The first-order chi connectivity index (χ1) is 13.3. The van der Waals surface area contributed by atoms with Crippen molar-refractivity contribution < 1.29 is 14.3 Å². The van der Waals surface area contributed by atoms with Crippen molar-refractivity contribution in [2.75, 3.05) is 13.7 Å². The van der Waals surface area contributed by atoms with Crippen molar-refractivity contribution in [3.05, 3.63) is 60.2 Å². The average molecular weight is 366 g/mol. The Morgan fingerprint density at radius 1 is 1.00 bits per heavy atom. The average Bonchev–Trinajstić information content (AvgIpc) is 2.74. The lowest BCUT2D eigenvalue weighted by molar-refractivity contribution is -0.123. The van der Waals surface area contributed by atoms with E-state index in [1.807, 2.05) is 30.3 Å². The number of amides is 1. The van der Waals surface area contributed by atoms with Crippen LogP contribution in [0.4, 0.5) is 0 Å². The van der Waals surface area contributed by atoms with E-state index in [0.29, 0.717) is 11.7 Å². The molecule has 5 nitrogen and oxygen atoms in total. The minimum Gasteiger partial charge on any atom is -0.497 e. The van der Waals surface area contributed by atoms with Gasteiger partial charge in [-0.15, -0.1) is 0 Å². The molecular formula is C22H26N2O3. The summed E-state index contributed by atoms with van der Waals surface area (Å²) >= 11 is 0. The maximum absolute atomic E-state index is 12.2. The second-order valence-corrected chi connectivity index (χ2v) is 6.70. The van der Waals surface area contributed by atoms with E-state index < -0.39 is 0 Å². The number of hydrogen-bond acceptors (Lipinski definition) is 4. The third-order valence-electron chi connectivity index (χ3n) is 4.79. The number of carbonyl (C=O) groups is 1. The zero-order valence-corrected chi connectivity index (χ0v) is 15.7. The van der Waals surface area contributed by atoms with Crippen LogP contribution in [0.3, 0.4) is 0 Å². The number of nitrogens with one attached hydrogen (secondary N) is 1. The molecule has 0 aromatic heterocycles. The third kappa shape index (κ3) is 5.58. The van der Waals surface area contributed by atoms with Gasteiger partial charge in [-0.2, -0.15) is 5.10 Å². The lowest BCUT2D eigenvalue weighted by Crippen LogP contribution is -2.28. The molecule has 2 aromatic rings. The van der Waals surface area contributed by atoms with Gasteiger partial charge in [0.05, 0.1) is 12.8 Å². The topological polar surface area (TPSA) is 59.9 Å². The van der Waals surface area contributed by atoms with Gasteiger partial charge in [0.1, 0.15) is 11.5 Å². The Bertz CT molecular complexity index is 751. The highest BCUT2D eigenvalue weighted by Gasteiger charge is 2.21. The monoisotopic (exact) mass is 366 g/mol. The molecule has 0 unspecified atom stereocenters. The van der Waals surface area contributed by atoms with Gasteiger partial charge >= 0.3 is 0 Å². The van der Waals surface area contributed by atoms with Gasteiger partial charge < -0.3 is 9.47 Å². The van der Waals surface area contributed by atoms with Crippen LogP contribution < -0.4 is 14.9 Å². The Hall–Kier alpha value is -2.82. The Labute approximate surface area is 160 Å². The molecule has 5 heteroatoms.